The van der Waals surface area contributed by atoms with Crippen molar-refractivity contribution in [1.29, 1.82) is 5.26 Å². The number of carbonyl (C=O) groups is 2. The fourth-order valence-electron chi connectivity index (χ4n) is 2.39. The van der Waals surface area contributed by atoms with Gasteiger partial charge in [0, 0.05) is 10.7 Å². The maximum atomic E-state index is 12.5. The molecule has 0 unspecified atom stereocenters. The number of carboxylic acid groups (broad SMARTS) is 1. The zero-order chi connectivity index (χ0) is 21.4. The predicted molar refractivity (Wildman–Crippen MR) is 109 cm³/mol. The quantitative estimate of drug-likeness (QED) is 0.498. The lowest BCUT2D eigenvalue weighted by atomic mass is 10.1. The number of nitrogens with one attached hydrogen (secondary N) is 1. The van der Waals surface area contributed by atoms with Crippen LogP contribution in [-0.2, 0) is 9.59 Å². The Kier molecular flexibility index (Phi) is 7.63. The van der Waals surface area contributed by atoms with E-state index in [1.54, 1.807) is 44.2 Å². The summed E-state index contributed by atoms with van der Waals surface area (Å²) in [5.74, 6) is -1.13. The highest BCUT2D eigenvalue weighted by atomic mass is 35.5. The molecule has 29 heavy (non-hydrogen) atoms. The van der Waals surface area contributed by atoms with Crippen molar-refractivity contribution in [3.8, 4) is 17.6 Å². The number of halogens is 1. The number of anilines is 1. The van der Waals surface area contributed by atoms with Gasteiger partial charge in [0.25, 0.3) is 5.91 Å². The van der Waals surface area contributed by atoms with E-state index in [1.165, 1.54) is 12.1 Å². The number of nitriles is 1. The van der Waals surface area contributed by atoms with Gasteiger partial charge in [-0.2, -0.15) is 5.26 Å². The summed E-state index contributed by atoms with van der Waals surface area (Å²) in [5, 5.41) is 21.3. The molecule has 0 saturated carbocycles. The molecule has 0 atom stereocenters. The molecule has 1 amide bonds. The van der Waals surface area contributed by atoms with Gasteiger partial charge >= 0.3 is 5.97 Å². The van der Waals surface area contributed by atoms with Gasteiger partial charge < -0.3 is 19.9 Å². The fourth-order valence-corrected chi connectivity index (χ4v) is 2.56. The van der Waals surface area contributed by atoms with Crippen molar-refractivity contribution in [1.82, 2.24) is 0 Å². The molecule has 150 valence electrons. The number of carbonyl (C=O) groups excluding carboxylic acids is 1. The second kappa shape index (κ2) is 10.2. The second-order valence-electron chi connectivity index (χ2n) is 5.86. The minimum absolute atomic E-state index is 0.119. The Hall–Kier alpha value is -3.50. The lowest BCUT2D eigenvalue weighted by Crippen LogP contribution is -2.14. The number of hydrogen-bond acceptors (Lipinski definition) is 5. The summed E-state index contributed by atoms with van der Waals surface area (Å²) in [6, 6.07) is 11.7. The van der Waals surface area contributed by atoms with E-state index in [0.717, 1.165) is 0 Å². The molecule has 2 aromatic rings. The maximum Gasteiger partial charge on any atom is 0.341 e. The zero-order valence-electron chi connectivity index (χ0n) is 15.9. The van der Waals surface area contributed by atoms with Crippen molar-refractivity contribution in [3.63, 3.8) is 0 Å². The first kappa shape index (κ1) is 21.8. The van der Waals surface area contributed by atoms with Crippen molar-refractivity contribution < 1.29 is 24.2 Å². The Morgan fingerprint density at radius 2 is 2.00 bits per heavy atom. The van der Waals surface area contributed by atoms with Gasteiger partial charge in [0.1, 0.15) is 11.6 Å². The summed E-state index contributed by atoms with van der Waals surface area (Å²) in [4.78, 5) is 23.2. The van der Waals surface area contributed by atoms with Gasteiger partial charge in [0.2, 0.25) is 0 Å². The predicted octanol–water partition coefficient (Wildman–Crippen LogP) is 4.06. The minimum Gasteiger partial charge on any atom is -0.490 e. The molecule has 0 spiro atoms. The van der Waals surface area contributed by atoms with Gasteiger partial charge in [-0.1, -0.05) is 23.7 Å². The molecule has 0 fully saturated rings. The van der Waals surface area contributed by atoms with E-state index in [4.69, 9.17) is 26.2 Å². The molecule has 2 N–H and O–H groups in total. The van der Waals surface area contributed by atoms with E-state index in [-0.39, 0.29) is 11.3 Å². The van der Waals surface area contributed by atoms with Crippen LogP contribution < -0.4 is 14.8 Å². The number of nitrogens with zero attached hydrogens (tertiary/aromatic N) is 1. The Balaban J connectivity index is 2.28. The molecular weight excluding hydrogens is 396 g/mol. The summed E-state index contributed by atoms with van der Waals surface area (Å²) in [7, 11) is 0. The van der Waals surface area contributed by atoms with Crippen molar-refractivity contribution >= 4 is 35.2 Å². The molecular formula is C21H19ClN2O5. The number of aliphatic carboxylic acids is 1. The molecule has 8 heteroatoms. The summed E-state index contributed by atoms with van der Waals surface area (Å²) >= 11 is 6.05. The maximum absolute atomic E-state index is 12.5. The number of benzene rings is 2. The van der Waals surface area contributed by atoms with Gasteiger partial charge in [-0.05, 0) is 55.3 Å². The van der Waals surface area contributed by atoms with E-state index < -0.39 is 18.5 Å². The largest absolute Gasteiger partial charge is 0.490 e. The molecule has 0 aliphatic heterocycles. The average molecular weight is 415 g/mol. The highest BCUT2D eigenvalue weighted by Gasteiger charge is 2.13. The Morgan fingerprint density at radius 3 is 2.66 bits per heavy atom. The summed E-state index contributed by atoms with van der Waals surface area (Å²) in [6.45, 7) is 3.35. The van der Waals surface area contributed by atoms with Crippen LogP contribution in [0.4, 0.5) is 5.69 Å². The summed E-state index contributed by atoms with van der Waals surface area (Å²) in [5.41, 5.74) is 1.60. The van der Waals surface area contributed by atoms with Crippen LogP contribution in [0.5, 0.6) is 11.5 Å². The normalized spacial score (nSPS) is 10.8. The van der Waals surface area contributed by atoms with E-state index in [0.29, 0.717) is 34.2 Å². The monoisotopic (exact) mass is 414 g/mol. The first-order chi connectivity index (χ1) is 13.8. The first-order valence-corrected chi connectivity index (χ1v) is 9.03. The molecule has 0 aliphatic rings. The molecule has 2 aromatic carbocycles. The van der Waals surface area contributed by atoms with Crippen molar-refractivity contribution in [2.45, 2.75) is 13.8 Å². The summed E-state index contributed by atoms with van der Waals surface area (Å²) in [6.07, 6.45) is 1.40. The molecule has 0 heterocycles. The molecule has 7 nitrogen and oxygen atoms in total. The highest BCUT2D eigenvalue weighted by Crippen LogP contribution is 2.29. The Morgan fingerprint density at radius 1 is 1.24 bits per heavy atom. The van der Waals surface area contributed by atoms with Crippen molar-refractivity contribution in [3.05, 3.63) is 58.1 Å². The van der Waals surface area contributed by atoms with Gasteiger partial charge in [0.05, 0.1) is 6.61 Å². The van der Waals surface area contributed by atoms with Crippen LogP contribution in [0.2, 0.25) is 5.02 Å². The number of carboxylic acids is 1. The topological polar surface area (TPSA) is 109 Å². The van der Waals surface area contributed by atoms with Gasteiger partial charge in [-0.25, -0.2) is 4.79 Å². The SMILES string of the molecule is CCOc1cc(C=C(C#N)C(=O)Nc2cccc(Cl)c2C)ccc1OCC(=O)O. The Labute approximate surface area is 173 Å². The first-order valence-electron chi connectivity index (χ1n) is 8.65. The molecule has 0 saturated heterocycles. The molecule has 0 bridgehead atoms. The van der Waals surface area contributed by atoms with Crippen LogP contribution in [0.3, 0.4) is 0 Å². The van der Waals surface area contributed by atoms with Crippen molar-refractivity contribution in [2.75, 3.05) is 18.5 Å². The van der Waals surface area contributed by atoms with E-state index >= 15 is 0 Å². The molecule has 0 aliphatic carbocycles. The number of ether oxygens (including phenoxy) is 2. The summed E-state index contributed by atoms with van der Waals surface area (Å²) < 4.78 is 10.7. The lowest BCUT2D eigenvalue weighted by molar-refractivity contribution is -0.139. The molecule has 0 aromatic heterocycles. The van der Waals surface area contributed by atoms with E-state index in [1.807, 2.05) is 6.07 Å². The van der Waals surface area contributed by atoms with Crippen LogP contribution >= 0.6 is 11.6 Å². The van der Waals surface area contributed by atoms with Crippen LogP contribution in [0.15, 0.2) is 42.0 Å². The van der Waals surface area contributed by atoms with E-state index in [2.05, 4.69) is 5.32 Å². The molecule has 2 rings (SSSR count). The Bertz CT molecular complexity index is 995. The number of amides is 1. The van der Waals surface area contributed by atoms with Crippen LogP contribution in [0, 0.1) is 18.3 Å². The van der Waals surface area contributed by atoms with Crippen LogP contribution in [-0.4, -0.2) is 30.2 Å². The number of rotatable bonds is 8. The minimum atomic E-state index is -1.11. The van der Waals surface area contributed by atoms with Gasteiger partial charge in [-0.3, -0.25) is 4.79 Å². The van der Waals surface area contributed by atoms with Crippen LogP contribution in [0.1, 0.15) is 18.1 Å². The fraction of sp³-hybridized carbons (Fsp3) is 0.190. The lowest BCUT2D eigenvalue weighted by Gasteiger charge is -2.12. The average Bonchev–Trinajstić information content (AvgIpc) is 2.69. The van der Waals surface area contributed by atoms with Gasteiger partial charge in [0.15, 0.2) is 18.1 Å². The van der Waals surface area contributed by atoms with E-state index in [9.17, 15) is 14.9 Å². The van der Waals surface area contributed by atoms with Crippen LogP contribution in [0.25, 0.3) is 6.08 Å². The zero-order valence-corrected chi connectivity index (χ0v) is 16.6. The third-order valence-corrected chi connectivity index (χ3v) is 4.22. The van der Waals surface area contributed by atoms with Crippen molar-refractivity contribution in [2.24, 2.45) is 0 Å². The third-order valence-electron chi connectivity index (χ3n) is 3.81. The third kappa shape index (κ3) is 5.99. The molecule has 0 radical (unpaired) electrons. The smallest absolute Gasteiger partial charge is 0.341 e. The van der Waals surface area contributed by atoms with Gasteiger partial charge in [-0.15, -0.1) is 0 Å². The second-order valence-corrected chi connectivity index (χ2v) is 6.27. The standard InChI is InChI=1S/C21H19ClN2O5/c1-3-28-19-10-14(7-8-18(19)29-12-20(25)26)9-15(11-23)21(27)24-17-6-4-5-16(22)13(17)2/h4-10H,3,12H2,1-2H3,(H,24,27)(H,25,26). The number of hydrogen-bond donors (Lipinski definition) is 2. The highest BCUT2D eigenvalue weighted by molar-refractivity contribution is 6.31.